The van der Waals surface area contributed by atoms with Crippen LogP contribution in [-0.4, -0.2) is 43.0 Å². The lowest BCUT2D eigenvalue weighted by molar-refractivity contribution is 0.0946. The fourth-order valence-electron chi connectivity index (χ4n) is 2.72. The number of nitrogens with zero attached hydrogens (tertiary/aromatic N) is 4. The van der Waals surface area contributed by atoms with Gasteiger partial charge in [0.25, 0.3) is 5.91 Å². The van der Waals surface area contributed by atoms with E-state index >= 15 is 0 Å². The van der Waals surface area contributed by atoms with Gasteiger partial charge >= 0.3 is 0 Å². The van der Waals surface area contributed by atoms with Crippen molar-refractivity contribution in [2.24, 2.45) is 0 Å². The second-order valence-corrected chi connectivity index (χ2v) is 6.80. The zero-order chi connectivity index (χ0) is 19.4. The molecule has 1 aromatic carbocycles. The maximum absolute atomic E-state index is 13.2. The minimum atomic E-state index is -0.333. The van der Waals surface area contributed by atoms with E-state index in [4.69, 9.17) is 12.2 Å². The fourth-order valence-corrected chi connectivity index (χ4v) is 3.55. The fraction of sp³-hybridized carbons (Fsp3) is 0.294. The molecule has 2 N–H and O–H groups in total. The number of hydrogen-bond donors (Lipinski definition) is 2. The Morgan fingerprint density at radius 2 is 2.11 bits per heavy atom. The molecule has 2 aromatic heterocycles. The third-order valence-corrected chi connectivity index (χ3v) is 4.98. The van der Waals surface area contributed by atoms with E-state index in [1.54, 1.807) is 16.7 Å². The van der Waals surface area contributed by atoms with Crippen LogP contribution in [0.3, 0.4) is 0 Å². The number of aromatic amines is 1. The molecular formula is C17H19FN6OS2. The lowest BCUT2D eigenvalue weighted by Gasteiger charge is -2.11. The van der Waals surface area contributed by atoms with E-state index in [0.717, 1.165) is 5.82 Å². The summed E-state index contributed by atoms with van der Waals surface area (Å²) in [6, 6.07) is 5.95. The van der Waals surface area contributed by atoms with Gasteiger partial charge in [-0.1, -0.05) is 11.8 Å². The third kappa shape index (κ3) is 4.11. The molecule has 1 amide bonds. The van der Waals surface area contributed by atoms with E-state index in [1.807, 2.05) is 17.7 Å². The number of halogens is 1. The molecule has 3 rings (SSSR count). The van der Waals surface area contributed by atoms with Crippen molar-refractivity contribution < 1.29 is 9.18 Å². The SMILES string of the molecule is CCn1c(CCNC(=O)c2cnc(SC)n2-c2ccc(F)cc2)n[nH]c1=S. The molecule has 10 heteroatoms. The Morgan fingerprint density at radius 3 is 2.78 bits per heavy atom. The first-order valence-corrected chi connectivity index (χ1v) is 9.98. The Balaban J connectivity index is 1.76. The van der Waals surface area contributed by atoms with Gasteiger partial charge in [0.05, 0.1) is 6.20 Å². The number of amides is 1. The molecule has 3 aromatic rings. The Hall–Kier alpha value is -2.46. The number of H-pyrrole nitrogens is 1. The molecule has 0 unspecified atom stereocenters. The Morgan fingerprint density at radius 1 is 1.37 bits per heavy atom. The monoisotopic (exact) mass is 406 g/mol. The summed E-state index contributed by atoms with van der Waals surface area (Å²) in [5.41, 5.74) is 1.07. The number of carbonyl (C=O) groups excluding carboxylic acids is 1. The van der Waals surface area contributed by atoms with E-state index in [2.05, 4.69) is 20.5 Å². The zero-order valence-corrected chi connectivity index (χ0v) is 16.5. The summed E-state index contributed by atoms with van der Waals surface area (Å²) < 4.78 is 17.4. The second-order valence-electron chi connectivity index (χ2n) is 5.64. The molecule has 0 aliphatic heterocycles. The number of aromatic nitrogens is 5. The highest BCUT2D eigenvalue weighted by Gasteiger charge is 2.17. The minimum Gasteiger partial charge on any atom is -0.350 e. The summed E-state index contributed by atoms with van der Waals surface area (Å²) in [5.74, 6) is 0.198. The molecule has 2 heterocycles. The summed E-state index contributed by atoms with van der Waals surface area (Å²) in [6.07, 6.45) is 3.94. The molecule has 142 valence electrons. The predicted octanol–water partition coefficient (Wildman–Crippen LogP) is 2.98. The smallest absolute Gasteiger partial charge is 0.269 e. The summed E-state index contributed by atoms with van der Waals surface area (Å²) in [4.78, 5) is 17.0. The van der Waals surface area contributed by atoms with Gasteiger partial charge in [0.15, 0.2) is 9.93 Å². The third-order valence-electron chi connectivity index (χ3n) is 4.02. The van der Waals surface area contributed by atoms with Crippen LogP contribution in [0, 0.1) is 10.6 Å². The number of imidazole rings is 1. The van der Waals surface area contributed by atoms with Gasteiger partial charge in [-0.05, 0) is 49.7 Å². The first kappa shape index (κ1) is 19.3. The van der Waals surface area contributed by atoms with Crippen LogP contribution in [0.5, 0.6) is 0 Å². The lowest BCUT2D eigenvalue weighted by atomic mass is 10.3. The number of thioether (sulfide) groups is 1. The normalized spacial score (nSPS) is 10.9. The van der Waals surface area contributed by atoms with E-state index in [-0.39, 0.29) is 11.7 Å². The van der Waals surface area contributed by atoms with Gasteiger partial charge in [0.1, 0.15) is 17.3 Å². The van der Waals surface area contributed by atoms with Crippen LogP contribution in [-0.2, 0) is 13.0 Å². The highest BCUT2D eigenvalue weighted by molar-refractivity contribution is 7.98. The van der Waals surface area contributed by atoms with Crippen molar-refractivity contribution in [3.8, 4) is 5.69 Å². The predicted molar refractivity (Wildman–Crippen MR) is 104 cm³/mol. The second kappa shape index (κ2) is 8.49. The van der Waals surface area contributed by atoms with Crippen LogP contribution < -0.4 is 5.32 Å². The van der Waals surface area contributed by atoms with Gasteiger partial charge < -0.3 is 9.88 Å². The standard InChI is InChI=1S/C17H19FN6OS2/c1-3-23-14(21-22-16(23)26)8-9-19-15(25)13-10-20-17(27-2)24(13)12-6-4-11(18)5-7-12/h4-7,10H,3,8-9H2,1-2H3,(H,19,25)(H,22,26). The molecule has 0 spiro atoms. The minimum absolute atomic E-state index is 0.260. The topological polar surface area (TPSA) is 80.5 Å². The van der Waals surface area contributed by atoms with Crippen LogP contribution in [0.25, 0.3) is 5.69 Å². The Kier molecular flexibility index (Phi) is 6.07. The zero-order valence-electron chi connectivity index (χ0n) is 14.9. The van der Waals surface area contributed by atoms with E-state index in [1.165, 1.54) is 30.1 Å². The first-order chi connectivity index (χ1) is 13.0. The highest BCUT2D eigenvalue weighted by Crippen LogP contribution is 2.22. The number of benzene rings is 1. The van der Waals surface area contributed by atoms with E-state index < -0.39 is 0 Å². The number of hydrogen-bond acceptors (Lipinski definition) is 5. The number of nitrogens with one attached hydrogen (secondary N) is 2. The van der Waals surface area contributed by atoms with Crippen molar-refractivity contribution in [3.63, 3.8) is 0 Å². The van der Waals surface area contributed by atoms with E-state index in [0.29, 0.717) is 40.8 Å². The molecule has 0 atom stereocenters. The molecule has 0 radical (unpaired) electrons. The maximum atomic E-state index is 13.2. The Labute approximate surface area is 165 Å². The number of carbonyl (C=O) groups is 1. The van der Waals surface area contributed by atoms with Crippen molar-refractivity contribution in [2.45, 2.75) is 25.0 Å². The average molecular weight is 407 g/mol. The van der Waals surface area contributed by atoms with Crippen molar-refractivity contribution in [1.82, 2.24) is 29.6 Å². The van der Waals surface area contributed by atoms with Crippen molar-refractivity contribution in [1.29, 1.82) is 0 Å². The molecule has 0 saturated carbocycles. The molecular weight excluding hydrogens is 387 g/mol. The van der Waals surface area contributed by atoms with Crippen LogP contribution >= 0.6 is 24.0 Å². The summed E-state index contributed by atoms with van der Waals surface area (Å²) in [6.45, 7) is 3.10. The maximum Gasteiger partial charge on any atom is 0.269 e. The largest absolute Gasteiger partial charge is 0.350 e. The van der Waals surface area contributed by atoms with Crippen molar-refractivity contribution in [3.05, 3.63) is 52.6 Å². The van der Waals surface area contributed by atoms with Crippen LogP contribution in [0.4, 0.5) is 4.39 Å². The summed E-state index contributed by atoms with van der Waals surface area (Å²) in [5, 5.41) is 10.5. The lowest BCUT2D eigenvalue weighted by Crippen LogP contribution is -2.28. The summed E-state index contributed by atoms with van der Waals surface area (Å²) in [7, 11) is 0. The molecule has 27 heavy (non-hydrogen) atoms. The van der Waals surface area contributed by atoms with E-state index in [9.17, 15) is 9.18 Å². The van der Waals surface area contributed by atoms with Crippen molar-refractivity contribution in [2.75, 3.05) is 12.8 Å². The van der Waals surface area contributed by atoms with Gasteiger partial charge in [0, 0.05) is 25.2 Å². The van der Waals surface area contributed by atoms with Crippen LogP contribution in [0.15, 0.2) is 35.6 Å². The molecule has 0 fully saturated rings. The highest BCUT2D eigenvalue weighted by atomic mass is 32.2. The van der Waals surface area contributed by atoms with Gasteiger partial charge in [-0.15, -0.1) is 0 Å². The molecule has 0 aliphatic rings. The van der Waals surface area contributed by atoms with Gasteiger partial charge in [-0.2, -0.15) is 5.10 Å². The first-order valence-electron chi connectivity index (χ1n) is 8.35. The van der Waals surface area contributed by atoms with Gasteiger partial charge in [-0.25, -0.2) is 9.37 Å². The van der Waals surface area contributed by atoms with Crippen LogP contribution in [0.2, 0.25) is 0 Å². The van der Waals surface area contributed by atoms with Gasteiger partial charge in [-0.3, -0.25) is 14.5 Å². The molecule has 0 aliphatic carbocycles. The van der Waals surface area contributed by atoms with Crippen LogP contribution in [0.1, 0.15) is 23.2 Å². The molecule has 7 nitrogen and oxygen atoms in total. The van der Waals surface area contributed by atoms with Crippen molar-refractivity contribution >= 4 is 29.9 Å². The summed E-state index contributed by atoms with van der Waals surface area (Å²) >= 11 is 6.57. The quantitative estimate of drug-likeness (QED) is 0.466. The number of rotatable bonds is 7. The van der Waals surface area contributed by atoms with Gasteiger partial charge in [0.2, 0.25) is 0 Å². The molecule has 0 saturated heterocycles. The Bertz CT molecular complexity index is 992. The molecule has 0 bridgehead atoms. The average Bonchev–Trinajstić information content (AvgIpc) is 3.25.